The maximum atomic E-state index is 12.3. The third-order valence-corrected chi connectivity index (χ3v) is 6.03. The minimum absolute atomic E-state index is 0.369. The standard InChI is InChI=1S/C22H14Cl2N2O4S/c1-29-21(28)12-5-8-16-18(11-12)31-22(25-16)26-19(27)10-7-13-6-9-17(30-13)14-3-2-4-15(23)20(14)24/h2-11H,1H3,(H,25,26,27)/b10-7+. The lowest BCUT2D eigenvalue weighted by atomic mass is 10.2. The first-order chi connectivity index (χ1) is 14.9. The predicted molar refractivity (Wildman–Crippen MR) is 123 cm³/mol. The van der Waals surface area contributed by atoms with E-state index in [9.17, 15) is 9.59 Å². The molecule has 31 heavy (non-hydrogen) atoms. The van der Waals surface area contributed by atoms with Gasteiger partial charge in [-0.25, -0.2) is 9.78 Å². The quantitative estimate of drug-likeness (QED) is 0.272. The van der Waals surface area contributed by atoms with Gasteiger partial charge in [-0.05, 0) is 48.5 Å². The van der Waals surface area contributed by atoms with E-state index in [1.807, 2.05) is 0 Å². The molecule has 1 N–H and O–H groups in total. The van der Waals surface area contributed by atoms with Crippen LogP contribution in [0.3, 0.4) is 0 Å². The molecule has 0 saturated carbocycles. The summed E-state index contributed by atoms with van der Waals surface area (Å²) in [4.78, 5) is 28.3. The number of ether oxygens (including phenoxy) is 1. The second-order valence-corrected chi connectivity index (χ2v) is 8.13. The largest absolute Gasteiger partial charge is 0.465 e. The van der Waals surface area contributed by atoms with Crippen LogP contribution in [0.1, 0.15) is 16.1 Å². The number of esters is 1. The van der Waals surface area contributed by atoms with Crippen LogP contribution in [-0.2, 0) is 9.53 Å². The first-order valence-electron chi connectivity index (χ1n) is 8.97. The molecule has 156 valence electrons. The van der Waals surface area contributed by atoms with Crippen molar-refractivity contribution in [1.29, 1.82) is 0 Å². The Hall–Kier alpha value is -3.13. The second kappa shape index (κ2) is 8.93. The van der Waals surface area contributed by atoms with Crippen LogP contribution in [0.25, 0.3) is 27.6 Å². The van der Waals surface area contributed by atoms with Gasteiger partial charge in [0.15, 0.2) is 5.13 Å². The second-order valence-electron chi connectivity index (χ2n) is 6.32. The lowest BCUT2D eigenvalue weighted by molar-refractivity contribution is -0.111. The van der Waals surface area contributed by atoms with Crippen molar-refractivity contribution in [3.8, 4) is 11.3 Å². The van der Waals surface area contributed by atoms with Gasteiger partial charge in [0.2, 0.25) is 5.91 Å². The maximum Gasteiger partial charge on any atom is 0.337 e. The van der Waals surface area contributed by atoms with Gasteiger partial charge in [0.25, 0.3) is 0 Å². The van der Waals surface area contributed by atoms with Gasteiger partial charge >= 0.3 is 5.97 Å². The van der Waals surface area contributed by atoms with Crippen LogP contribution in [0.5, 0.6) is 0 Å². The molecule has 0 bridgehead atoms. The number of methoxy groups -OCH3 is 1. The van der Waals surface area contributed by atoms with Crippen LogP contribution in [0, 0.1) is 0 Å². The van der Waals surface area contributed by atoms with Crippen molar-refractivity contribution in [2.24, 2.45) is 0 Å². The van der Waals surface area contributed by atoms with E-state index in [1.165, 1.54) is 24.5 Å². The molecule has 0 atom stereocenters. The molecule has 0 unspecified atom stereocenters. The Morgan fingerprint density at radius 2 is 2.00 bits per heavy atom. The highest BCUT2D eigenvalue weighted by molar-refractivity contribution is 7.22. The summed E-state index contributed by atoms with van der Waals surface area (Å²) in [6.07, 6.45) is 2.88. The number of aromatic nitrogens is 1. The van der Waals surface area contributed by atoms with Crippen LogP contribution >= 0.6 is 34.5 Å². The highest BCUT2D eigenvalue weighted by Gasteiger charge is 2.12. The van der Waals surface area contributed by atoms with Crippen molar-refractivity contribution < 1.29 is 18.7 Å². The van der Waals surface area contributed by atoms with Crippen LogP contribution in [0.2, 0.25) is 10.0 Å². The number of anilines is 1. The SMILES string of the molecule is COC(=O)c1ccc2nc(NC(=O)/C=C/c3ccc(-c4cccc(Cl)c4Cl)o3)sc2c1. The molecule has 4 aromatic rings. The van der Waals surface area contributed by atoms with Crippen LogP contribution < -0.4 is 5.32 Å². The molecule has 4 rings (SSSR count). The van der Waals surface area contributed by atoms with E-state index in [1.54, 1.807) is 54.6 Å². The Morgan fingerprint density at radius 3 is 2.81 bits per heavy atom. The lowest BCUT2D eigenvalue weighted by Crippen LogP contribution is -2.07. The van der Waals surface area contributed by atoms with E-state index < -0.39 is 5.97 Å². The van der Waals surface area contributed by atoms with Crippen molar-refractivity contribution in [2.45, 2.75) is 0 Å². The van der Waals surface area contributed by atoms with Crippen molar-refractivity contribution in [3.63, 3.8) is 0 Å². The zero-order valence-electron chi connectivity index (χ0n) is 16.0. The zero-order valence-corrected chi connectivity index (χ0v) is 18.3. The molecule has 0 spiro atoms. The Labute approximate surface area is 191 Å². The fourth-order valence-electron chi connectivity index (χ4n) is 2.81. The normalized spacial score (nSPS) is 11.2. The molecule has 2 aromatic carbocycles. The van der Waals surface area contributed by atoms with E-state index in [-0.39, 0.29) is 5.91 Å². The fourth-order valence-corrected chi connectivity index (χ4v) is 4.11. The number of nitrogens with zero attached hydrogens (tertiary/aromatic N) is 1. The molecule has 0 aliphatic rings. The molecule has 0 aliphatic heterocycles. The molecule has 6 nitrogen and oxygen atoms in total. The monoisotopic (exact) mass is 472 g/mol. The molecule has 1 amide bonds. The van der Waals surface area contributed by atoms with Gasteiger partial charge in [-0.3, -0.25) is 10.1 Å². The molecule has 0 aliphatic carbocycles. The number of benzene rings is 2. The predicted octanol–water partition coefficient (Wildman–Crippen LogP) is 6.30. The van der Waals surface area contributed by atoms with Crippen LogP contribution in [0.4, 0.5) is 5.13 Å². The minimum atomic E-state index is -0.430. The first kappa shape index (κ1) is 21.1. The van der Waals surface area contributed by atoms with Crippen molar-refractivity contribution in [2.75, 3.05) is 12.4 Å². The smallest absolute Gasteiger partial charge is 0.337 e. The Kier molecular flexibility index (Phi) is 6.08. The Morgan fingerprint density at radius 1 is 1.16 bits per heavy atom. The number of fused-ring (bicyclic) bond motifs is 1. The summed E-state index contributed by atoms with van der Waals surface area (Å²) >= 11 is 13.5. The Bertz CT molecular complexity index is 1330. The van der Waals surface area contributed by atoms with Crippen molar-refractivity contribution in [3.05, 3.63) is 76.0 Å². The number of carbonyl (C=O) groups is 2. The average Bonchev–Trinajstić information content (AvgIpc) is 3.39. The number of thiazole rings is 1. The molecule has 0 saturated heterocycles. The number of carbonyl (C=O) groups excluding carboxylic acids is 2. The number of halogens is 2. The van der Waals surface area contributed by atoms with Crippen molar-refractivity contribution >= 4 is 67.8 Å². The van der Waals surface area contributed by atoms with Crippen LogP contribution in [0.15, 0.2) is 59.0 Å². The van der Waals surface area contributed by atoms with E-state index in [0.717, 1.165) is 4.70 Å². The summed E-state index contributed by atoms with van der Waals surface area (Å²) in [6, 6.07) is 13.8. The lowest BCUT2D eigenvalue weighted by Gasteiger charge is -2.01. The third-order valence-electron chi connectivity index (χ3n) is 4.28. The molecular weight excluding hydrogens is 459 g/mol. The molecular formula is C22H14Cl2N2O4S. The summed E-state index contributed by atoms with van der Waals surface area (Å²) in [6.45, 7) is 0. The van der Waals surface area contributed by atoms with E-state index in [4.69, 9.17) is 32.4 Å². The maximum absolute atomic E-state index is 12.3. The number of hydrogen-bond donors (Lipinski definition) is 1. The first-order valence-corrected chi connectivity index (χ1v) is 10.5. The number of rotatable bonds is 5. The number of nitrogens with one attached hydrogen (secondary N) is 1. The topological polar surface area (TPSA) is 81.4 Å². The number of hydrogen-bond acceptors (Lipinski definition) is 6. The third kappa shape index (κ3) is 4.64. The summed E-state index contributed by atoms with van der Waals surface area (Å²) < 4.78 is 11.2. The van der Waals surface area contributed by atoms with E-state index in [2.05, 4.69) is 10.3 Å². The van der Waals surface area contributed by atoms with Gasteiger partial charge in [0, 0.05) is 11.6 Å². The summed E-state index contributed by atoms with van der Waals surface area (Å²) in [5, 5.41) is 3.95. The molecule has 0 radical (unpaired) electrons. The van der Waals surface area contributed by atoms with Gasteiger partial charge in [0.05, 0.1) is 32.9 Å². The van der Waals surface area contributed by atoms with Gasteiger partial charge in [0.1, 0.15) is 11.5 Å². The van der Waals surface area contributed by atoms with Gasteiger partial charge in [-0.2, -0.15) is 0 Å². The highest BCUT2D eigenvalue weighted by atomic mass is 35.5. The highest BCUT2D eigenvalue weighted by Crippen LogP contribution is 2.34. The molecule has 2 heterocycles. The van der Waals surface area contributed by atoms with E-state index >= 15 is 0 Å². The summed E-state index contributed by atoms with van der Waals surface area (Å²) in [7, 11) is 1.32. The van der Waals surface area contributed by atoms with Crippen LogP contribution in [-0.4, -0.2) is 24.0 Å². The summed E-state index contributed by atoms with van der Waals surface area (Å²) in [5.41, 5.74) is 1.76. The molecule has 0 fully saturated rings. The molecule has 9 heteroatoms. The van der Waals surface area contributed by atoms with Gasteiger partial charge < -0.3 is 9.15 Å². The fraction of sp³-hybridized carbons (Fsp3) is 0.0455. The average molecular weight is 473 g/mol. The van der Waals surface area contributed by atoms with Gasteiger partial charge in [-0.15, -0.1) is 0 Å². The zero-order chi connectivity index (χ0) is 22.0. The Balaban J connectivity index is 1.46. The number of amides is 1. The van der Waals surface area contributed by atoms with Gasteiger partial charge in [-0.1, -0.05) is 40.6 Å². The molecule has 2 aromatic heterocycles. The minimum Gasteiger partial charge on any atom is -0.465 e. The summed E-state index contributed by atoms with van der Waals surface area (Å²) in [5.74, 6) is 0.222. The number of furan rings is 1. The van der Waals surface area contributed by atoms with Crippen molar-refractivity contribution in [1.82, 2.24) is 4.98 Å². The van der Waals surface area contributed by atoms with E-state index in [0.29, 0.717) is 43.3 Å².